The fourth-order valence-electron chi connectivity index (χ4n) is 4.37. The van der Waals surface area contributed by atoms with Gasteiger partial charge in [0.15, 0.2) is 0 Å². The number of terminal acetylenes is 1. The Labute approximate surface area is 245 Å². The molecule has 0 fully saturated rings. The van der Waals surface area contributed by atoms with Crippen LogP contribution in [0, 0.1) is 18.3 Å². The van der Waals surface area contributed by atoms with E-state index in [1.807, 2.05) is 44.2 Å². The van der Waals surface area contributed by atoms with Crippen molar-refractivity contribution in [3.8, 4) is 12.3 Å². The molecule has 3 N–H and O–H groups in total. The number of fused-ring (bicyclic) bond motifs is 1. The second-order valence-corrected chi connectivity index (χ2v) is 12.9. The first-order valence-corrected chi connectivity index (χ1v) is 15.6. The number of rotatable bonds is 14. The summed E-state index contributed by atoms with van der Waals surface area (Å²) in [5.74, 6) is 1.40. The third-order valence-electron chi connectivity index (χ3n) is 6.30. The molecule has 3 aromatic rings. The smallest absolute Gasteiger partial charge is 0.252 e. The highest BCUT2D eigenvalue weighted by Crippen LogP contribution is 2.25. The molecule has 2 amide bonds. The first-order valence-electron chi connectivity index (χ1n) is 13.3. The monoisotopic (exact) mass is 599 g/mol. The standard InChI is InChI=1S/C29H37N5O5S2/c1-5-6-12-29(37)34(32-28(36)17-30-4)25(15-22-10-8-7-9-11-22)26(35)19-33(18-21(2)3)41(38,39)23-13-14-24-27(16-23)40-20-31-24/h1,7-11,13-14,16,20-21,25-26,30,35H,6,12,15,17-19H2,2-4H3,(H,32,36)/t25-,26+/m0/s1. The quantitative estimate of drug-likeness (QED) is 0.192. The number of aliphatic hydroxyl groups excluding tert-OH is 1. The Balaban J connectivity index is 2.00. The van der Waals surface area contributed by atoms with Gasteiger partial charge in [-0.3, -0.25) is 15.0 Å². The van der Waals surface area contributed by atoms with Crippen LogP contribution in [0.25, 0.3) is 10.2 Å². The van der Waals surface area contributed by atoms with Gasteiger partial charge in [0.05, 0.1) is 39.3 Å². The third kappa shape index (κ3) is 8.82. The Bertz CT molecular complexity index is 1450. The summed E-state index contributed by atoms with van der Waals surface area (Å²) in [5, 5.41) is 15.5. The number of carbonyl (C=O) groups excluding carboxylic acids is 2. The predicted octanol–water partition coefficient (Wildman–Crippen LogP) is 2.41. The minimum absolute atomic E-state index is 0.0552. The molecule has 0 saturated heterocycles. The number of nitrogens with one attached hydrogen (secondary N) is 2. The van der Waals surface area contributed by atoms with Gasteiger partial charge in [0.25, 0.3) is 5.91 Å². The van der Waals surface area contributed by atoms with Gasteiger partial charge < -0.3 is 10.4 Å². The third-order valence-corrected chi connectivity index (χ3v) is 8.92. The molecule has 0 aliphatic rings. The summed E-state index contributed by atoms with van der Waals surface area (Å²) < 4.78 is 29.7. The molecule has 2 atom stereocenters. The number of nitrogens with zero attached hydrogens (tertiary/aromatic N) is 3. The molecule has 0 spiro atoms. The van der Waals surface area contributed by atoms with Gasteiger partial charge in [-0.15, -0.1) is 23.7 Å². The Morgan fingerprint density at radius 1 is 1.15 bits per heavy atom. The highest BCUT2D eigenvalue weighted by atomic mass is 32.2. The van der Waals surface area contributed by atoms with E-state index >= 15 is 0 Å². The van der Waals surface area contributed by atoms with Gasteiger partial charge in [0, 0.05) is 25.9 Å². The van der Waals surface area contributed by atoms with Crippen molar-refractivity contribution in [2.45, 2.75) is 50.2 Å². The number of hydrogen-bond acceptors (Lipinski definition) is 8. The molecule has 1 heterocycles. The predicted molar refractivity (Wildman–Crippen MR) is 160 cm³/mol. The molecule has 0 aliphatic carbocycles. The number of amides is 2. The first-order chi connectivity index (χ1) is 19.6. The van der Waals surface area contributed by atoms with E-state index in [0.29, 0.717) is 5.52 Å². The van der Waals surface area contributed by atoms with Crippen molar-refractivity contribution in [2.75, 3.05) is 26.7 Å². The van der Waals surface area contributed by atoms with Gasteiger partial charge in [0.1, 0.15) is 0 Å². The summed E-state index contributed by atoms with van der Waals surface area (Å²) >= 11 is 1.34. The van der Waals surface area contributed by atoms with Crippen LogP contribution in [0.5, 0.6) is 0 Å². The van der Waals surface area contributed by atoms with Crippen LogP contribution < -0.4 is 10.7 Å². The van der Waals surface area contributed by atoms with Crippen LogP contribution in [-0.2, 0) is 26.0 Å². The molecule has 0 unspecified atom stereocenters. The average molecular weight is 600 g/mol. The number of benzene rings is 2. The van der Waals surface area contributed by atoms with Crippen LogP contribution >= 0.6 is 11.3 Å². The number of hydrazine groups is 1. The van der Waals surface area contributed by atoms with E-state index in [1.54, 1.807) is 24.7 Å². The molecule has 0 saturated carbocycles. The highest BCUT2D eigenvalue weighted by Gasteiger charge is 2.36. The van der Waals surface area contributed by atoms with Crippen LogP contribution in [0.3, 0.4) is 0 Å². The van der Waals surface area contributed by atoms with Crippen LogP contribution in [-0.4, -0.2) is 78.5 Å². The summed E-state index contributed by atoms with van der Waals surface area (Å²) in [5.41, 5.74) is 5.76. The van der Waals surface area contributed by atoms with E-state index in [1.165, 1.54) is 21.7 Å². The second kappa shape index (κ2) is 15.0. The van der Waals surface area contributed by atoms with Crippen LogP contribution in [0.2, 0.25) is 0 Å². The molecule has 12 heteroatoms. The van der Waals surface area contributed by atoms with Gasteiger partial charge >= 0.3 is 0 Å². The lowest BCUT2D eigenvalue weighted by molar-refractivity contribution is -0.147. The Morgan fingerprint density at radius 2 is 1.88 bits per heavy atom. The Kier molecular flexibility index (Phi) is 11.8. The minimum Gasteiger partial charge on any atom is -0.390 e. The Hall–Kier alpha value is -3.34. The zero-order chi connectivity index (χ0) is 30.0. The number of likely N-dealkylation sites (N-methyl/N-ethyl adjacent to an activating group) is 1. The van der Waals surface area contributed by atoms with Crippen molar-refractivity contribution >= 4 is 43.4 Å². The molecule has 3 rings (SSSR count). The summed E-state index contributed by atoms with van der Waals surface area (Å²) in [6.07, 6.45) is 4.26. The SMILES string of the molecule is C#CCCC(=O)N(NC(=O)CNC)[C@@H](Cc1ccccc1)[C@H](O)CN(CC(C)C)S(=O)(=O)c1ccc2ncsc2c1. The number of thiazole rings is 1. The van der Waals surface area contributed by atoms with E-state index in [0.717, 1.165) is 15.3 Å². The van der Waals surface area contributed by atoms with Crippen molar-refractivity contribution in [3.63, 3.8) is 0 Å². The van der Waals surface area contributed by atoms with Crippen LogP contribution in [0.4, 0.5) is 0 Å². The van der Waals surface area contributed by atoms with E-state index in [2.05, 4.69) is 21.6 Å². The topological polar surface area (TPSA) is 132 Å². The van der Waals surface area contributed by atoms with Gasteiger partial charge in [-0.2, -0.15) is 4.31 Å². The minimum atomic E-state index is -4.03. The highest BCUT2D eigenvalue weighted by molar-refractivity contribution is 7.89. The summed E-state index contributed by atoms with van der Waals surface area (Å²) in [4.78, 5) is 30.2. The normalized spacial score (nSPS) is 13.2. The maximum absolute atomic E-state index is 13.9. The van der Waals surface area contributed by atoms with Crippen molar-refractivity contribution < 1.29 is 23.1 Å². The van der Waals surface area contributed by atoms with E-state index in [9.17, 15) is 23.1 Å². The number of aliphatic hydroxyl groups is 1. The summed E-state index contributed by atoms with van der Waals surface area (Å²) in [6, 6.07) is 12.9. The summed E-state index contributed by atoms with van der Waals surface area (Å²) in [6.45, 7) is 3.53. The average Bonchev–Trinajstić information content (AvgIpc) is 3.42. The zero-order valence-electron chi connectivity index (χ0n) is 23.5. The fourth-order valence-corrected chi connectivity index (χ4v) is 6.81. The molecule has 1 aromatic heterocycles. The number of aromatic nitrogens is 1. The molecule has 10 nitrogen and oxygen atoms in total. The van der Waals surface area contributed by atoms with Crippen molar-refractivity contribution in [2.24, 2.45) is 5.92 Å². The summed E-state index contributed by atoms with van der Waals surface area (Å²) in [7, 11) is -2.44. The molecule has 0 bridgehead atoms. The van der Waals surface area contributed by atoms with Crippen molar-refractivity contribution in [3.05, 3.63) is 59.6 Å². The lowest BCUT2D eigenvalue weighted by Crippen LogP contribution is -2.60. The molecular weight excluding hydrogens is 562 g/mol. The molecule has 2 aromatic carbocycles. The largest absolute Gasteiger partial charge is 0.390 e. The lowest BCUT2D eigenvalue weighted by Gasteiger charge is -2.37. The molecular formula is C29H37N5O5S2. The maximum atomic E-state index is 13.9. The molecule has 0 aliphatic heterocycles. The van der Waals surface area contributed by atoms with Gasteiger partial charge in [-0.1, -0.05) is 44.2 Å². The van der Waals surface area contributed by atoms with Gasteiger partial charge in [-0.05, 0) is 43.1 Å². The molecule has 0 radical (unpaired) electrons. The van der Waals surface area contributed by atoms with E-state index in [4.69, 9.17) is 6.42 Å². The fraction of sp³-hybridized carbons (Fsp3) is 0.414. The van der Waals surface area contributed by atoms with Crippen molar-refractivity contribution in [1.29, 1.82) is 0 Å². The molecule has 41 heavy (non-hydrogen) atoms. The number of hydrogen-bond donors (Lipinski definition) is 3. The van der Waals surface area contributed by atoms with Crippen molar-refractivity contribution in [1.82, 2.24) is 25.0 Å². The number of carbonyl (C=O) groups is 2. The van der Waals surface area contributed by atoms with E-state index in [-0.39, 0.29) is 49.7 Å². The zero-order valence-corrected chi connectivity index (χ0v) is 25.1. The van der Waals surface area contributed by atoms with Gasteiger partial charge in [0.2, 0.25) is 15.9 Å². The van der Waals surface area contributed by atoms with Gasteiger partial charge in [-0.25, -0.2) is 18.4 Å². The number of sulfonamides is 1. The van der Waals surface area contributed by atoms with Crippen LogP contribution in [0.15, 0.2) is 58.9 Å². The van der Waals surface area contributed by atoms with E-state index < -0.39 is 34.0 Å². The molecule has 220 valence electrons. The van der Waals surface area contributed by atoms with Crippen LogP contribution in [0.1, 0.15) is 32.3 Å². The first kappa shape index (κ1) is 32.2. The lowest BCUT2D eigenvalue weighted by atomic mass is 9.99. The Morgan fingerprint density at radius 3 is 2.54 bits per heavy atom. The second-order valence-electron chi connectivity index (χ2n) is 10.1. The maximum Gasteiger partial charge on any atom is 0.252 e.